The molecule has 0 saturated carbocycles. The molecule has 0 saturated heterocycles. The van der Waals surface area contributed by atoms with Gasteiger partial charge in [-0.3, -0.25) is 0 Å². The summed E-state index contributed by atoms with van der Waals surface area (Å²) in [5.41, 5.74) is 1.93. The van der Waals surface area contributed by atoms with Crippen molar-refractivity contribution < 1.29 is 14.2 Å². The van der Waals surface area contributed by atoms with Gasteiger partial charge < -0.3 is 14.2 Å². The Balaban J connectivity index is 1.62. The molecule has 0 N–H and O–H groups in total. The van der Waals surface area contributed by atoms with Crippen molar-refractivity contribution in [3.05, 3.63) is 77.3 Å². The van der Waals surface area contributed by atoms with Gasteiger partial charge in [0.25, 0.3) is 0 Å². The van der Waals surface area contributed by atoms with Crippen LogP contribution in [0, 0.1) is 0 Å². The lowest BCUT2D eigenvalue weighted by molar-refractivity contribution is 0.209. The summed E-state index contributed by atoms with van der Waals surface area (Å²) in [6.07, 6.45) is 7.31. The number of hydrogen-bond acceptors (Lipinski definition) is 6. The number of halogens is 1. The van der Waals surface area contributed by atoms with Gasteiger partial charge >= 0.3 is 0 Å². The van der Waals surface area contributed by atoms with Gasteiger partial charge in [-0.25, -0.2) is 4.68 Å². The maximum Gasteiger partial charge on any atom is 0.175 e. The number of para-hydroxylation sites is 1. The lowest BCUT2D eigenvalue weighted by Crippen LogP contribution is -2.11. The Kier molecular flexibility index (Phi) is 7.40. The molecule has 0 amide bonds. The van der Waals surface area contributed by atoms with Gasteiger partial charge in [0.05, 0.1) is 17.8 Å². The van der Waals surface area contributed by atoms with Gasteiger partial charge in [-0.1, -0.05) is 24.3 Å². The zero-order valence-corrected chi connectivity index (χ0v) is 17.6. The third kappa shape index (κ3) is 5.68. The van der Waals surface area contributed by atoms with Crippen LogP contribution in [-0.2, 0) is 6.42 Å². The van der Waals surface area contributed by atoms with E-state index in [1.54, 1.807) is 13.3 Å². The summed E-state index contributed by atoms with van der Waals surface area (Å²) in [5.74, 6) is 2.04. The van der Waals surface area contributed by atoms with Crippen LogP contribution in [0.15, 0.2) is 71.3 Å². The number of aromatic nitrogens is 3. The molecular formula is C21H21BrN4O3. The molecule has 0 aliphatic carbocycles. The molecule has 0 aliphatic rings. The molecule has 0 radical (unpaired) electrons. The standard InChI is InChI=1S/C21H21BrN4O3/c1-3-6-17-7-4-5-8-19(17)28-9-10-29-21-18(22)11-16(12-20(21)27-2)13-25-26-14-23-24-15-26/h3-5,7-8,11-15H,1,6,9-10H2,2H3/b25-13-. The first-order valence-corrected chi connectivity index (χ1v) is 9.71. The van der Waals surface area contributed by atoms with E-state index in [4.69, 9.17) is 14.2 Å². The molecular weight excluding hydrogens is 436 g/mol. The van der Waals surface area contributed by atoms with Crippen LogP contribution in [0.4, 0.5) is 0 Å². The van der Waals surface area contributed by atoms with Crippen LogP contribution >= 0.6 is 15.9 Å². The molecule has 8 heteroatoms. The van der Waals surface area contributed by atoms with E-state index in [-0.39, 0.29) is 0 Å². The number of methoxy groups -OCH3 is 1. The zero-order valence-electron chi connectivity index (χ0n) is 16.0. The Morgan fingerprint density at radius 1 is 1.10 bits per heavy atom. The third-order valence-electron chi connectivity index (χ3n) is 3.92. The average Bonchev–Trinajstić information content (AvgIpc) is 3.25. The van der Waals surface area contributed by atoms with E-state index in [9.17, 15) is 0 Å². The highest BCUT2D eigenvalue weighted by Gasteiger charge is 2.11. The first-order chi connectivity index (χ1) is 14.2. The summed E-state index contributed by atoms with van der Waals surface area (Å²) in [6, 6.07) is 11.6. The van der Waals surface area contributed by atoms with Gasteiger partial charge in [-0.2, -0.15) is 5.10 Å². The third-order valence-corrected chi connectivity index (χ3v) is 4.51. The molecule has 3 rings (SSSR count). The first-order valence-electron chi connectivity index (χ1n) is 8.92. The van der Waals surface area contributed by atoms with Crippen molar-refractivity contribution >= 4 is 22.1 Å². The largest absolute Gasteiger partial charge is 0.493 e. The minimum atomic E-state index is 0.367. The van der Waals surface area contributed by atoms with E-state index >= 15 is 0 Å². The smallest absolute Gasteiger partial charge is 0.175 e. The van der Waals surface area contributed by atoms with Crippen LogP contribution in [0.25, 0.3) is 0 Å². The number of benzene rings is 2. The second kappa shape index (κ2) is 10.4. The summed E-state index contributed by atoms with van der Waals surface area (Å²) < 4.78 is 19.5. The summed E-state index contributed by atoms with van der Waals surface area (Å²) in [7, 11) is 1.59. The average molecular weight is 457 g/mol. The molecule has 2 aromatic carbocycles. The Hall–Kier alpha value is -3.13. The topological polar surface area (TPSA) is 70.8 Å². The number of allylic oxidation sites excluding steroid dienone is 1. The van der Waals surface area contributed by atoms with Crippen molar-refractivity contribution in [2.75, 3.05) is 20.3 Å². The van der Waals surface area contributed by atoms with Gasteiger partial charge in [0.1, 0.15) is 31.6 Å². The molecule has 3 aromatic rings. The highest BCUT2D eigenvalue weighted by Crippen LogP contribution is 2.36. The van der Waals surface area contributed by atoms with Gasteiger partial charge in [0.2, 0.25) is 0 Å². The molecule has 0 unspecified atom stereocenters. The van der Waals surface area contributed by atoms with Crippen molar-refractivity contribution in [2.24, 2.45) is 5.10 Å². The lowest BCUT2D eigenvalue weighted by atomic mass is 10.1. The molecule has 0 atom stereocenters. The monoisotopic (exact) mass is 456 g/mol. The predicted octanol–water partition coefficient (Wildman–Crippen LogP) is 4.12. The fraction of sp³-hybridized carbons (Fsp3) is 0.190. The van der Waals surface area contributed by atoms with E-state index < -0.39 is 0 Å². The minimum absolute atomic E-state index is 0.367. The first kappa shape index (κ1) is 20.6. The summed E-state index contributed by atoms with van der Waals surface area (Å²) in [6.45, 7) is 4.55. The molecule has 29 heavy (non-hydrogen) atoms. The van der Waals surface area contributed by atoms with E-state index in [1.807, 2.05) is 42.5 Å². The summed E-state index contributed by atoms with van der Waals surface area (Å²) in [4.78, 5) is 0. The van der Waals surface area contributed by atoms with E-state index in [2.05, 4.69) is 37.8 Å². The second-order valence-electron chi connectivity index (χ2n) is 5.92. The van der Waals surface area contributed by atoms with Crippen molar-refractivity contribution in [1.82, 2.24) is 14.9 Å². The second-order valence-corrected chi connectivity index (χ2v) is 6.77. The van der Waals surface area contributed by atoms with Gasteiger partial charge in [-0.15, -0.1) is 16.8 Å². The molecule has 0 spiro atoms. The molecule has 150 valence electrons. The quantitative estimate of drug-likeness (QED) is 0.260. The molecule has 1 heterocycles. The highest BCUT2D eigenvalue weighted by atomic mass is 79.9. The molecule has 0 fully saturated rings. The van der Waals surface area contributed by atoms with Crippen molar-refractivity contribution in [1.29, 1.82) is 0 Å². The number of rotatable bonds is 10. The molecule has 0 bridgehead atoms. The number of ether oxygens (including phenoxy) is 3. The molecule has 1 aromatic heterocycles. The normalized spacial score (nSPS) is 10.8. The Bertz CT molecular complexity index is 974. The van der Waals surface area contributed by atoms with Crippen molar-refractivity contribution in [3.63, 3.8) is 0 Å². The zero-order chi connectivity index (χ0) is 20.5. The van der Waals surface area contributed by atoms with Crippen LogP contribution in [-0.4, -0.2) is 41.4 Å². The van der Waals surface area contributed by atoms with Crippen molar-refractivity contribution in [3.8, 4) is 17.2 Å². The Morgan fingerprint density at radius 2 is 1.86 bits per heavy atom. The Morgan fingerprint density at radius 3 is 2.62 bits per heavy atom. The lowest BCUT2D eigenvalue weighted by Gasteiger charge is -2.15. The van der Waals surface area contributed by atoms with E-state index in [1.165, 1.54) is 17.3 Å². The van der Waals surface area contributed by atoms with Gasteiger partial charge in [0, 0.05) is 0 Å². The van der Waals surface area contributed by atoms with E-state index in [0.717, 1.165) is 27.8 Å². The fourth-order valence-electron chi connectivity index (χ4n) is 2.61. The SMILES string of the molecule is C=CCc1ccccc1OCCOc1c(Br)cc(/C=N\n2cnnc2)cc1OC. The predicted molar refractivity (Wildman–Crippen MR) is 115 cm³/mol. The number of hydrogen-bond donors (Lipinski definition) is 0. The van der Waals surface area contributed by atoms with Crippen molar-refractivity contribution in [2.45, 2.75) is 6.42 Å². The fourth-order valence-corrected chi connectivity index (χ4v) is 3.18. The minimum Gasteiger partial charge on any atom is -0.493 e. The van der Waals surface area contributed by atoms with E-state index in [0.29, 0.717) is 24.7 Å². The van der Waals surface area contributed by atoms with Crippen LogP contribution in [0.5, 0.6) is 17.2 Å². The van der Waals surface area contributed by atoms with Crippen LogP contribution in [0.1, 0.15) is 11.1 Å². The van der Waals surface area contributed by atoms with Crippen LogP contribution in [0.3, 0.4) is 0 Å². The van der Waals surface area contributed by atoms with Crippen LogP contribution < -0.4 is 14.2 Å². The number of nitrogens with zero attached hydrogens (tertiary/aromatic N) is 4. The summed E-state index contributed by atoms with van der Waals surface area (Å²) >= 11 is 3.54. The summed E-state index contributed by atoms with van der Waals surface area (Å²) in [5, 5.41) is 11.7. The van der Waals surface area contributed by atoms with Gasteiger partial charge in [-0.05, 0) is 51.7 Å². The van der Waals surface area contributed by atoms with Gasteiger partial charge in [0.15, 0.2) is 11.5 Å². The maximum absolute atomic E-state index is 5.90. The molecule has 7 nitrogen and oxygen atoms in total. The van der Waals surface area contributed by atoms with Crippen LogP contribution in [0.2, 0.25) is 0 Å². The maximum atomic E-state index is 5.90. The molecule has 0 aliphatic heterocycles. The highest BCUT2D eigenvalue weighted by molar-refractivity contribution is 9.10. The Labute approximate surface area is 177 Å².